The first kappa shape index (κ1) is 24.2. The Morgan fingerprint density at radius 2 is 1.52 bits per heavy atom. The van der Waals surface area contributed by atoms with Crippen LogP contribution in [0, 0.1) is 29.6 Å². The maximum atomic E-state index is 3.57. The number of aryl methyl sites for hydroxylation is 1. The largest absolute Gasteiger partial charge is 0.0951 e. The van der Waals surface area contributed by atoms with Crippen LogP contribution in [-0.2, 0) is 6.42 Å². The second-order valence-corrected chi connectivity index (χ2v) is 10.3. The summed E-state index contributed by atoms with van der Waals surface area (Å²) in [4.78, 5) is 0. The average molecular weight is 419 g/mol. The lowest BCUT2D eigenvalue weighted by Gasteiger charge is -2.26. The monoisotopic (exact) mass is 418 g/mol. The standard InChI is InChI=1S/C31H46/c1-3-5-7-11-27-14-16-28(17-15-27)12-8-9-13-29-20-24-31(25-21-29)30-22-18-26(19-23-30)10-6-4-2/h8,12,18-19,22-23,27-29,31H,3-7,10-11,14-17,20-21,24-25H2,1-2H3/t27-,28-,29-,31-. The maximum Gasteiger partial charge on any atom is 0.0206 e. The van der Waals surface area contributed by atoms with Crippen molar-refractivity contribution in [2.45, 2.75) is 116 Å². The number of allylic oxidation sites excluding steroid dienone is 2. The van der Waals surface area contributed by atoms with Gasteiger partial charge in [-0.3, -0.25) is 0 Å². The van der Waals surface area contributed by atoms with Gasteiger partial charge in [0, 0.05) is 5.92 Å². The minimum atomic E-state index is 0.610. The van der Waals surface area contributed by atoms with E-state index in [0.717, 1.165) is 17.8 Å². The Morgan fingerprint density at radius 3 is 2.19 bits per heavy atom. The molecule has 170 valence electrons. The molecule has 0 nitrogen and oxygen atoms in total. The number of hydrogen-bond acceptors (Lipinski definition) is 0. The summed E-state index contributed by atoms with van der Waals surface area (Å²) in [6, 6.07) is 9.51. The van der Waals surface area contributed by atoms with Gasteiger partial charge in [0.15, 0.2) is 0 Å². The summed E-state index contributed by atoms with van der Waals surface area (Å²) in [7, 11) is 0. The molecule has 31 heavy (non-hydrogen) atoms. The van der Waals surface area contributed by atoms with Crippen molar-refractivity contribution in [1.82, 2.24) is 0 Å². The fourth-order valence-electron chi connectivity index (χ4n) is 5.61. The molecule has 0 aliphatic heterocycles. The van der Waals surface area contributed by atoms with E-state index in [0.29, 0.717) is 5.92 Å². The topological polar surface area (TPSA) is 0 Å². The summed E-state index contributed by atoms with van der Waals surface area (Å²) in [5.74, 6) is 10.1. The molecule has 0 unspecified atom stereocenters. The van der Waals surface area contributed by atoms with E-state index in [2.05, 4.69) is 62.1 Å². The molecule has 3 rings (SSSR count). The van der Waals surface area contributed by atoms with E-state index in [1.165, 1.54) is 102 Å². The molecule has 0 heteroatoms. The van der Waals surface area contributed by atoms with Gasteiger partial charge in [-0.1, -0.05) is 88.1 Å². The fourth-order valence-corrected chi connectivity index (χ4v) is 5.61. The van der Waals surface area contributed by atoms with Gasteiger partial charge in [-0.25, -0.2) is 0 Å². The molecule has 2 aliphatic carbocycles. The molecule has 0 spiro atoms. The molecule has 0 N–H and O–H groups in total. The lowest BCUT2D eigenvalue weighted by Crippen LogP contribution is -2.13. The summed E-state index contributed by atoms with van der Waals surface area (Å²) in [6.45, 7) is 4.58. The summed E-state index contributed by atoms with van der Waals surface area (Å²) in [5.41, 5.74) is 3.05. The Morgan fingerprint density at radius 1 is 0.806 bits per heavy atom. The highest BCUT2D eigenvalue weighted by Gasteiger charge is 2.21. The SMILES string of the molecule is CCCCC[C@H]1CC[C@H](C=CC#C[C@H]2CC[C@H](c3ccc(CCCC)cc3)CC2)CC1. The third-order valence-electron chi connectivity index (χ3n) is 7.84. The quantitative estimate of drug-likeness (QED) is 0.277. The predicted octanol–water partition coefficient (Wildman–Crippen LogP) is 9.25. The first-order chi connectivity index (χ1) is 15.3. The lowest BCUT2D eigenvalue weighted by molar-refractivity contribution is 0.289. The van der Waals surface area contributed by atoms with E-state index in [1.807, 2.05) is 0 Å². The van der Waals surface area contributed by atoms with E-state index in [4.69, 9.17) is 0 Å². The molecule has 0 heterocycles. The van der Waals surface area contributed by atoms with E-state index in [1.54, 1.807) is 5.56 Å². The highest BCUT2D eigenvalue weighted by atomic mass is 14.3. The molecule has 1 aromatic carbocycles. The fraction of sp³-hybridized carbons (Fsp3) is 0.677. The van der Waals surface area contributed by atoms with Crippen LogP contribution in [0.1, 0.15) is 121 Å². The first-order valence-electron chi connectivity index (χ1n) is 13.5. The van der Waals surface area contributed by atoms with Crippen LogP contribution in [-0.4, -0.2) is 0 Å². The van der Waals surface area contributed by atoms with Crippen LogP contribution in [0.3, 0.4) is 0 Å². The molecule has 2 aliphatic rings. The van der Waals surface area contributed by atoms with Crippen LogP contribution < -0.4 is 0 Å². The van der Waals surface area contributed by atoms with Crippen molar-refractivity contribution in [3.8, 4) is 11.8 Å². The van der Waals surface area contributed by atoms with Crippen molar-refractivity contribution >= 4 is 0 Å². The molecule has 0 aromatic heterocycles. The van der Waals surface area contributed by atoms with E-state index in [9.17, 15) is 0 Å². The van der Waals surface area contributed by atoms with Gasteiger partial charge >= 0.3 is 0 Å². The van der Waals surface area contributed by atoms with Gasteiger partial charge in [0.1, 0.15) is 0 Å². The van der Waals surface area contributed by atoms with Crippen LogP contribution in [0.25, 0.3) is 0 Å². The highest BCUT2D eigenvalue weighted by Crippen LogP contribution is 2.36. The molecule has 0 amide bonds. The zero-order valence-electron chi connectivity index (χ0n) is 20.4. The van der Waals surface area contributed by atoms with Crippen LogP contribution in [0.15, 0.2) is 36.4 Å². The van der Waals surface area contributed by atoms with Crippen molar-refractivity contribution in [2.24, 2.45) is 17.8 Å². The maximum absolute atomic E-state index is 3.57. The number of unbranched alkanes of at least 4 members (excludes halogenated alkanes) is 3. The van der Waals surface area contributed by atoms with Crippen molar-refractivity contribution in [3.05, 3.63) is 47.5 Å². The molecular formula is C31H46. The molecular weight excluding hydrogens is 372 g/mol. The van der Waals surface area contributed by atoms with Crippen molar-refractivity contribution in [3.63, 3.8) is 0 Å². The summed E-state index contributed by atoms with van der Waals surface area (Å²) >= 11 is 0. The van der Waals surface area contributed by atoms with Crippen LogP contribution >= 0.6 is 0 Å². The van der Waals surface area contributed by atoms with Gasteiger partial charge in [0.25, 0.3) is 0 Å². The zero-order chi connectivity index (χ0) is 21.7. The second kappa shape index (κ2) is 13.8. The first-order valence-corrected chi connectivity index (χ1v) is 13.5. The van der Waals surface area contributed by atoms with Crippen molar-refractivity contribution in [1.29, 1.82) is 0 Å². The minimum Gasteiger partial charge on any atom is -0.0951 e. The van der Waals surface area contributed by atoms with Crippen molar-refractivity contribution in [2.75, 3.05) is 0 Å². The third-order valence-corrected chi connectivity index (χ3v) is 7.84. The second-order valence-electron chi connectivity index (χ2n) is 10.3. The Hall–Kier alpha value is -1.48. The minimum absolute atomic E-state index is 0.610. The van der Waals surface area contributed by atoms with Crippen LogP contribution in [0.2, 0.25) is 0 Å². The van der Waals surface area contributed by atoms with Gasteiger partial charge in [-0.15, -0.1) is 0 Å². The average Bonchev–Trinajstić information content (AvgIpc) is 2.82. The number of rotatable bonds is 9. The van der Waals surface area contributed by atoms with Gasteiger partial charge in [0.05, 0.1) is 0 Å². The molecule has 1 aromatic rings. The normalized spacial score (nSPS) is 26.5. The number of benzene rings is 1. The Balaban J connectivity index is 1.34. The molecule has 2 saturated carbocycles. The predicted molar refractivity (Wildman–Crippen MR) is 136 cm³/mol. The summed E-state index contributed by atoms with van der Waals surface area (Å²) in [6.07, 6.45) is 24.9. The van der Waals surface area contributed by atoms with E-state index >= 15 is 0 Å². The molecule has 2 fully saturated rings. The molecule has 0 radical (unpaired) electrons. The molecule has 0 bridgehead atoms. The number of hydrogen-bond donors (Lipinski definition) is 0. The zero-order valence-corrected chi connectivity index (χ0v) is 20.4. The Bertz CT molecular complexity index is 682. The van der Waals surface area contributed by atoms with Crippen molar-refractivity contribution < 1.29 is 0 Å². The van der Waals surface area contributed by atoms with Crippen LogP contribution in [0.5, 0.6) is 0 Å². The molecule has 0 atom stereocenters. The summed E-state index contributed by atoms with van der Waals surface area (Å²) < 4.78 is 0. The van der Waals surface area contributed by atoms with E-state index < -0.39 is 0 Å². The van der Waals surface area contributed by atoms with Gasteiger partial charge in [-0.05, 0) is 99.2 Å². The smallest absolute Gasteiger partial charge is 0.0206 e. The van der Waals surface area contributed by atoms with Gasteiger partial charge in [0.2, 0.25) is 0 Å². The van der Waals surface area contributed by atoms with E-state index in [-0.39, 0.29) is 0 Å². The Kier molecular flexibility index (Phi) is 10.8. The van der Waals surface area contributed by atoms with Crippen LogP contribution in [0.4, 0.5) is 0 Å². The third kappa shape index (κ3) is 8.52. The summed E-state index contributed by atoms with van der Waals surface area (Å²) in [5, 5.41) is 0. The van der Waals surface area contributed by atoms with Gasteiger partial charge in [-0.2, -0.15) is 0 Å². The Labute approximate surface area is 193 Å². The van der Waals surface area contributed by atoms with Gasteiger partial charge < -0.3 is 0 Å². The lowest BCUT2D eigenvalue weighted by atomic mass is 9.78. The highest BCUT2D eigenvalue weighted by molar-refractivity contribution is 5.26. The molecule has 0 saturated heterocycles.